The molecule has 0 aromatic carbocycles. The number of methoxy groups -OCH3 is 2. The summed E-state index contributed by atoms with van der Waals surface area (Å²) in [6, 6.07) is 0. The molecule has 0 unspecified atom stereocenters. The quantitative estimate of drug-likeness (QED) is 0.563. The molecular weight excluding hydrogens is 188 g/mol. The summed E-state index contributed by atoms with van der Waals surface area (Å²) in [7, 11) is 2.51. The summed E-state index contributed by atoms with van der Waals surface area (Å²) in [5.41, 5.74) is 0. The molecule has 0 saturated carbocycles. The van der Waals surface area contributed by atoms with Gasteiger partial charge in [-0.15, -0.1) is 0 Å². The monoisotopic (exact) mass is 206 g/mol. The van der Waals surface area contributed by atoms with Gasteiger partial charge in [-0.25, -0.2) is 4.79 Å². The van der Waals surface area contributed by atoms with Crippen molar-refractivity contribution in [3.8, 4) is 0 Å². The second-order valence-corrected chi connectivity index (χ2v) is 2.47. The standard InChI is InChI=1S/C3H6O3.2C3H6O/c1-5-3(4)6-2;2*1-3(2)4/h1-2H3;2*1-2H3. The van der Waals surface area contributed by atoms with Crippen LogP contribution in [0.4, 0.5) is 4.79 Å². The lowest BCUT2D eigenvalue weighted by molar-refractivity contribution is -0.115. The van der Waals surface area contributed by atoms with Crippen molar-refractivity contribution in [2.75, 3.05) is 14.2 Å². The van der Waals surface area contributed by atoms with Crippen LogP contribution in [-0.4, -0.2) is 31.9 Å². The summed E-state index contributed by atoms with van der Waals surface area (Å²) in [5, 5.41) is 0. The molecule has 0 aliphatic heterocycles. The van der Waals surface area contributed by atoms with Crippen molar-refractivity contribution in [1.82, 2.24) is 0 Å². The normalized spacial score (nSPS) is 6.71. The number of hydrogen-bond donors (Lipinski definition) is 0. The first-order chi connectivity index (χ1) is 6.27. The van der Waals surface area contributed by atoms with Crippen LogP contribution in [0.15, 0.2) is 0 Å². The summed E-state index contributed by atoms with van der Waals surface area (Å²) in [4.78, 5) is 28.6. The van der Waals surface area contributed by atoms with Crippen LogP contribution in [0.1, 0.15) is 27.7 Å². The number of rotatable bonds is 0. The van der Waals surface area contributed by atoms with Crippen LogP contribution >= 0.6 is 0 Å². The van der Waals surface area contributed by atoms with E-state index in [9.17, 15) is 14.4 Å². The summed E-state index contributed by atoms with van der Waals surface area (Å²) < 4.78 is 8.08. The smallest absolute Gasteiger partial charge is 0.438 e. The lowest BCUT2D eigenvalue weighted by Crippen LogP contribution is -1.97. The third-order valence-corrected chi connectivity index (χ3v) is 0.333. The maximum atomic E-state index is 9.74. The van der Waals surface area contributed by atoms with E-state index in [1.165, 1.54) is 41.9 Å². The molecule has 5 nitrogen and oxygen atoms in total. The minimum absolute atomic E-state index is 0.167. The predicted molar refractivity (Wildman–Crippen MR) is 52.1 cm³/mol. The molecule has 0 saturated heterocycles. The van der Waals surface area contributed by atoms with E-state index in [0.29, 0.717) is 0 Å². The molecule has 0 aliphatic carbocycles. The van der Waals surface area contributed by atoms with Crippen molar-refractivity contribution in [2.45, 2.75) is 27.7 Å². The maximum Gasteiger partial charge on any atom is 0.507 e. The number of ketones is 2. The van der Waals surface area contributed by atoms with Gasteiger partial charge in [0.25, 0.3) is 0 Å². The molecule has 0 radical (unpaired) electrons. The van der Waals surface area contributed by atoms with E-state index in [2.05, 4.69) is 9.47 Å². The number of Topliss-reactive ketones (excluding diaryl/α,β-unsaturated/α-hetero) is 2. The Hall–Kier alpha value is -1.39. The number of ether oxygens (including phenoxy) is 2. The average molecular weight is 206 g/mol. The van der Waals surface area contributed by atoms with Gasteiger partial charge in [0.2, 0.25) is 0 Å². The topological polar surface area (TPSA) is 69.7 Å². The molecule has 0 heterocycles. The first-order valence-electron chi connectivity index (χ1n) is 3.84. The Bertz CT molecular complexity index is 148. The van der Waals surface area contributed by atoms with Gasteiger partial charge in [-0.3, -0.25) is 0 Å². The van der Waals surface area contributed by atoms with Gasteiger partial charge in [0.1, 0.15) is 11.6 Å². The van der Waals surface area contributed by atoms with Crippen molar-refractivity contribution in [3.63, 3.8) is 0 Å². The summed E-state index contributed by atoms with van der Waals surface area (Å²) in [6.07, 6.45) is -0.657. The van der Waals surface area contributed by atoms with Crippen molar-refractivity contribution in [2.24, 2.45) is 0 Å². The molecule has 84 valence electrons. The van der Waals surface area contributed by atoms with E-state index in [-0.39, 0.29) is 11.6 Å². The first-order valence-corrected chi connectivity index (χ1v) is 3.84. The summed E-state index contributed by atoms with van der Waals surface area (Å²) in [5.74, 6) is 0.333. The van der Waals surface area contributed by atoms with Crippen LogP contribution in [0.25, 0.3) is 0 Å². The van der Waals surface area contributed by atoms with Gasteiger partial charge in [-0.1, -0.05) is 0 Å². The molecule has 0 aromatic rings. The van der Waals surface area contributed by atoms with Crippen LogP contribution in [0.3, 0.4) is 0 Å². The van der Waals surface area contributed by atoms with E-state index in [4.69, 9.17) is 0 Å². The Kier molecular flexibility index (Phi) is 18.6. The number of carbonyl (C=O) groups excluding carboxylic acids is 3. The highest BCUT2D eigenvalue weighted by Gasteiger charge is 1.88. The summed E-state index contributed by atoms with van der Waals surface area (Å²) in [6.45, 7) is 6.11. The van der Waals surface area contributed by atoms with Gasteiger partial charge >= 0.3 is 6.16 Å². The van der Waals surface area contributed by atoms with Crippen molar-refractivity contribution >= 4 is 17.7 Å². The molecule has 0 bridgehead atoms. The minimum Gasteiger partial charge on any atom is -0.438 e. The Morgan fingerprint density at radius 2 is 0.857 bits per heavy atom. The third-order valence-electron chi connectivity index (χ3n) is 0.333. The zero-order valence-corrected chi connectivity index (χ0v) is 9.54. The van der Waals surface area contributed by atoms with E-state index >= 15 is 0 Å². The zero-order valence-electron chi connectivity index (χ0n) is 9.54. The molecule has 0 atom stereocenters. The molecule has 0 N–H and O–H groups in total. The Balaban J connectivity index is -0.000000135. The van der Waals surface area contributed by atoms with Gasteiger partial charge in [-0.2, -0.15) is 0 Å². The van der Waals surface area contributed by atoms with Gasteiger partial charge in [0, 0.05) is 0 Å². The highest BCUT2D eigenvalue weighted by molar-refractivity contribution is 5.72. The van der Waals surface area contributed by atoms with Crippen LogP contribution in [-0.2, 0) is 19.1 Å². The number of carbonyl (C=O) groups is 3. The van der Waals surface area contributed by atoms with Gasteiger partial charge < -0.3 is 19.1 Å². The third kappa shape index (κ3) is 144. The van der Waals surface area contributed by atoms with Crippen molar-refractivity contribution in [1.29, 1.82) is 0 Å². The predicted octanol–water partition coefficient (Wildman–Crippen LogP) is 1.59. The van der Waals surface area contributed by atoms with E-state index in [1.807, 2.05) is 0 Å². The van der Waals surface area contributed by atoms with E-state index < -0.39 is 6.16 Å². The largest absolute Gasteiger partial charge is 0.507 e. The number of hydrogen-bond acceptors (Lipinski definition) is 5. The molecule has 0 aliphatic rings. The van der Waals surface area contributed by atoms with Crippen molar-refractivity contribution in [3.05, 3.63) is 0 Å². The lowest BCUT2D eigenvalue weighted by Gasteiger charge is -1.89. The van der Waals surface area contributed by atoms with E-state index in [1.54, 1.807) is 0 Å². The molecule has 0 fully saturated rings. The van der Waals surface area contributed by atoms with Gasteiger partial charge in [0.05, 0.1) is 14.2 Å². The molecule has 5 heteroatoms. The van der Waals surface area contributed by atoms with Crippen LogP contribution in [0.2, 0.25) is 0 Å². The Morgan fingerprint density at radius 3 is 0.857 bits per heavy atom. The maximum absolute atomic E-state index is 9.74. The molecule has 0 spiro atoms. The van der Waals surface area contributed by atoms with Crippen LogP contribution in [0, 0.1) is 0 Å². The SMILES string of the molecule is CC(C)=O.CC(C)=O.COC(=O)OC. The molecular formula is C9H18O5. The van der Waals surface area contributed by atoms with Crippen LogP contribution < -0.4 is 0 Å². The fourth-order valence-corrected chi connectivity index (χ4v) is 0.0833. The summed E-state index contributed by atoms with van der Waals surface area (Å²) >= 11 is 0. The fraction of sp³-hybridized carbons (Fsp3) is 0.667. The zero-order chi connectivity index (χ0) is 12.1. The van der Waals surface area contributed by atoms with E-state index in [0.717, 1.165) is 0 Å². The second kappa shape index (κ2) is 14.2. The van der Waals surface area contributed by atoms with Crippen LogP contribution in [0.5, 0.6) is 0 Å². The van der Waals surface area contributed by atoms with Gasteiger partial charge in [0.15, 0.2) is 0 Å². The Morgan fingerprint density at radius 1 is 0.714 bits per heavy atom. The molecule has 0 aromatic heterocycles. The highest BCUT2D eigenvalue weighted by Crippen LogP contribution is 1.72. The van der Waals surface area contributed by atoms with Crippen molar-refractivity contribution < 1.29 is 23.9 Å². The fourth-order valence-electron chi connectivity index (χ4n) is 0.0833. The second-order valence-electron chi connectivity index (χ2n) is 2.47. The van der Waals surface area contributed by atoms with Gasteiger partial charge in [-0.05, 0) is 27.7 Å². The molecule has 14 heavy (non-hydrogen) atoms. The highest BCUT2D eigenvalue weighted by atomic mass is 16.7. The lowest BCUT2D eigenvalue weighted by atomic mass is 10.6. The minimum atomic E-state index is -0.657. The average Bonchev–Trinajstić information content (AvgIpc) is 2.01. The molecule has 0 amide bonds. The first kappa shape index (κ1) is 18.4. The Labute approximate surface area is 84.4 Å². The molecule has 0 rings (SSSR count).